The first-order valence-corrected chi connectivity index (χ1v) is 12.8. The molecule has 4 rings (SSSR count). The number of anilines is 1. The summed E-state index contributed by atoms with van der Waals surface area (Å²) in [6.45, 7) is 9.12. The van der Waals surface area contributed by atoms with E-state index in [1.54, 1.807) is 45.2 Å². The summed E-state index contributed by atoms with van der Waals surface area (Å²) in [5.74, 6) is -1.40. The highest BCUT2D eigenvalue weighted by Crippen LogP contribution is 2.35. The number of nitrogen functional groups attached to an aromatic ring is 1. The number of hydrogen-bond donors (Lipinski definition) is 2. The van der Waals surface area contributed by atoms with Crippen LogP contribution < -0.4 is 17.0 Å². The average molecular weight is 554 g/mol. The molecule has 0 aliphatic rings. The minimum Gasteiger partial charge on any atom is -0.460 e. The van der Waals surface area contributed by atoms with Crippen LogP contribution >= 0.6 is 11.6 Å². The third kappa shape index (κ3) is 5.70. The molecule has 0 atom stereocenters. The molecule has 0 saturated heterocycles. The van der Waals surface area contributed by atoms with Gasteiger partial charge in [-0.25, -0.2) is 18.7 Å². The second-order valence-electron chi connectivity index (χ2n) is 10.4. The predicted octanol–water partition coefficient (Wildman–Crippen LogP) is 4.91. The average Bonchev–Trinajstić information content (AvgIpc) is 2.82. The Bertz CT molecular complexity index is 1690. The minimum atomic E-state index is -0.835. The molecular weight excluding hydrogens is 525 g/mol. The Morgan fingerprint density at radius 2 is 1.95 bits per heavy atom. The van der Waals surface area contributed by atoms with Crippen molar-refractivity contribution in [3.63, 3.8) is 0 Å². The summed E-state index contributed by atoms with van der Waals surface area (Å²) in [6.07, 6.45) is 1.83. The Morgan fingerprint density at radius 3 is 2.59 bits per heavy atom. The van der Waals surface area contributed by atoms with Crippen LogP contribution in [-0.2, 0) is 16.0 Å². The molecule has 0 aliphatic heterocycles. The van der Waals surface area contributed by atoms with Crippen molar-refractivity contribution in [2.75, 3.05) is 5.73 Å². The molecule has 0 fully saturated rings. The third-order valence-electron chi connectivity index (χ3n) is 5.94. The molecule has 4 aromatic rings. The first-order valence-electron chi connectivity index (χ1n) is 12.4. The van der Waals surface area contributed by atoms with Crippen molar-refractivity contribution in [1.82, 2.24) is 19.5 Å². The number of nitrogens with one attached hydrogen (secondary N) is 1. The predicted molar refractivity (Wildman–Crippen MR) is 149 cm³/mol. The Balaban J connectivity index is 2.01. The molecule has 0 aliphatic carbocycles. The first kappa shape index (κ1) is 28.0. The molecule has 0 amide bonds. The van der Waals surface area contributed by atoms with Gasteiger partial charge in [-0.3, -0.25) is 19.6 Å². The molecule has 1 aromatic carbocycles. The van der Waals surface area contributed by atoms with Crippen LogP contribution in [0.15, 0.2) is 46.1 Å². The number of H-pyrrole nitrogens is 1. The van der Waals surface area contributed by atoms with E-state index in [1.807, 2.05) is 13.8 Å². The fourth-order valence-electron chi connectivity index (χ4n) is 4.33. The van der Waals surface area contributed by atoms with Crippen LogP contribution in [0.25, 0.3) is 28.0 Å². The maximum atomic E-state index is 15.3. The normalized spacial score (nSPS) is 11.8. The second-order valence-corrected chi connectivity index (χ2v) is 10.8. The number of nitrogens with two attached hydrogens (primary N) is 1. The van der Waals surface area contributed by atoms with E-state index in [1.165, 1.54) is 10.6 Å². The fourth-order valence-corrected chi connectivity index (χ4v) is 4.60. The van der Waals surface area contributed by atoms with Gasteiger partial charge in [0.25, 0.3) is 5.56 Å². The number of fused-ring (bicyclic) bond motifs is 1. The quantitative estimate of drug-likeness (QED) is 0.256. The maximum absolute atomic E-state index is 15.3. The number of aryl methyl sites for hydroxylation is 1. The zero-order valence-corrected chi connectivity index (χ0v) is 23.0. The van der Waals surface area contributed by atoms with E-state index in [0.29, 0.717) is 16.9 Å². The number of carbonyl (C=O) groups is 1. The molecule has 11 heteroatoms. The summed E-state index contributed by atoms with van der Waals surface area (Å²) in [5, 5.41) is -0.0000825. The number of carbonyl (C=O) groups excluding carboxylic acids is 1. The number of benzene rings is 1. The summed E-state index contributed by atoms with van der Waals surface area (Å²) in [6, 6.07) is 7.38. The number of aromatic nitrogens is 4. The van der Waals surface area contributed by atoms with Crippen LogP contribution in [0.5, 0.6) is 0 Å². The van der Waals surface area contributed by atoms with E-state index in [9.17, 15) is 14.4 Å². The standard InChI is InChI=1S/C28H29ClFN5O4/c1-14(2)22-24(15(11-12-32-22)9-10-20(36)39-28(3,4)5)35-25-16(26(37)34-27(35)38)13-18(30)23(33-25)21-17(29)7-6-8-19(21)31/h6-8,11-14H,9-10,31H2,1-5H3,(H,34,37,38). The molecule has 204 valence electrons. The van der Waals surface area contributed by atoms with Gasteiger partial charge < -0.3 is 10.5 Å². The zero-order chi connectivity index (χ0) is 28.6. The monoisotopic (exact) mass is 553 g/mol. The summed E-state index contributed by atoms with van der Waals surface area (Å²) in [5.41, 5.74) is 5.31. The number of rotatable bonds is 6. The molecule has 0 spiro atoms. The van der Waals surface area contributed by atoms with Crippen molar-refractivity contribution >= 4 is 34.3 Å². The molecule has 3 aromatic heterocycles. The number of esters is 1. The first-order chi connectivity index (χ1) is 18.3. The van der Waals surface area contributed by atoms with Crippen LogP contribution in [-0.4, -0.2) is 31.1 Å². The minimum absolute atomic E-state index is 0.0331. The lowest BCUT2D eigenvalue weighted by molar-refractivity contribution is -0.154. The Labute approximate surface area is 228 Å². The van der Waals surface area contributed by atoms with Crippen molar-refractivity contribution in [2.24, 2.45) is 0 Å². The largest absolute Gasteiger partial charge is 0.460 e. The summed E-state index contributed by atoms with van der Waals surface area (Å²) >= 11 is 6.34. The van der Waals surface area contributed by atoms with Crippen molar-refractivity contribution in [2.45, 2.75) is 59.0 Å². The van der Waals surface area contributed by atoms with Gasteiger partial charge in [-0.1, -0.05) is 31.5 Å². The summed E-state index contributed by atoms with van der Waals surface area (Å²) < 4.78 is 22.0. The topological polar surface area (TPSA) is 133 Å². The van der Waals surface area contributed by atoms with Gasteiger partial charge in [-0.2, -0.15) is 0 Å². The van der Waals surface area contributed by atoms with Crippen LogP contribution in [0.4, 0.5) is 10.1 Å². The molecule has 3 N–H and O–H groups in total. The van der Waals surface area contributed by atoms with Crippen LogP contribution in [0.2, 0.25) is 5.02 Å². The molecule has 3 heterocycles. The van der Waals surface area contributed by atoms with Gasteiger partial charge in [0, 0.05) is 23.9 Å². The highest BCUT2D eigenvalue weighted by atomic mass is 35.5. The lowest BCUT2D eigenvalue weighted by Gasteiger charge is -2.21. The lowest BCUT2D eigenvalue weighted by atomic mass is 10.0. The zero-order valence-electron chi connectivity index (χ0n) is 22.3. The molecule has 0 unspecified atom stereocenters. The number of pyridine rings is 2. The number of hydrogen-bond acceptors (Lipinski definition) is 7. The van der Waals surface area contributed by atoms with Gasteiger partial charge in [-0.05, 0) is 62.9 Å². The Hall–Kier alpha value is -4.05. The maximum Gasteiger partial charge on any atom is 0.334 e. The van der Waals surface area contributed by atoms with Crippen molar-refractivity contribution in [3.05, 3.63) is 79.5 Å². The fraction of sp³-hybridized carbons (Fsp3) is 0.321. The third-order valence-corrected chi connectivity index (χ3v) is 6.26. The van der Waals surface area contributed by atoms with E-state index in [0.717, 1.165) is 6.07 Å². The van der Waals surface area contributed by atoms with Gasteiger partial charge in [0.15, 0.2) is 11.5 Å². The molecular formula is C28H29ClFN5O4. The van der Waals surface area contributed by atoms with Gasteiger partial charge in [0.05, 0.1) is 21.8 Å². The van der Waals surface area contributed by atoms with Crippen LogP contribution in [0.3, 0.4) is 0 Å². The number of aromatic amines is 1. The van der Waals surface area contributed by atoms with Gasteiger partial charge in [-0.15, -0.1) is 0 Å². The molecule has 0 saturated carbocycles. The van der Waals surface area contributed by atoms with Crippen molar-refractivity contribution in [3.8, 4) is 16.9 Å². The molecule has 0 radical (unpaired) electrons. The Morgan fingerprint density at radius 1 is 1.23 bits per heavy atom. The molecule has 39 heavy (non-hydrogen) atoms. The highest BCUT2D eigenvalue weighted by molar-refractivity contribution is 6.34. The van der Waals surface area contributed by atoms with E-state index < -0.39 is 28.6 Å². The van der Waals surface area contributed by atoms with Crippen molar-refractivity contribution < 1.29 is 13.9 Å². The Kier molecular flexibility index (Phi) is 7.61. The summed E-state index contributed by atoms with van der Waals surface area (Å²) in [4.78, 5) is 49.8. The SMILES string of the molecule is CC(C)c1nccc(CCC(=O)OC(C)(C)C)c1-n1c(=O)[nH]c(=O)c2cc(F)c(-c3c(N)cccc3Cl)nc21. The lowest BCUT2D eigenvalue weighted by Crippen LogP contribution is -2.32. The van der Waals surface area contributed by atoms with Gasteiger partial charge >= 0.3 is 11.7 Å². The van der Waals surface area contributed by atoms with E-state index >= 15 is 4.39 Å². The second kappa shape index (κ2) is 10.6. The van der Waals surface area contributed by atoms with E-state index in [4.69, 9.17) is 22.1 Å². The number of nitrogens with zero attached hydrogens (tertiary/aromatic N) is 3. The van der Waals surface area contributed by atoms with E-state index in [-0.39, 0.29) is 51.8 Å². The van der Waals surface area contributed by atoms with Gasteiger partial charge in [0.2, 0.25) is 0 Å². The molecule has 0 bridgehead atoms. The van der Waals surface area contributed by atoms with E-state index in [2.05, 4.69) is 15.0 Å². The highest BCUT2D eigenvalue weighted by Gasteiger charge is 2.24. The number of halogens is 2. The van der Waals surface area contributed by atoms with Gasteiger partial charge in [0.1, 0.15) is 11.3 Å². The smallest absolute Gasteiger partial charge is 0.334 e. The summed E-state index contributed by atoms with van der Waals surface area (Å²) in [7, 11) is 0. The number of ether oxygens (including phenoxy) is 1. The van der Waals surface area contributed by atoms with Crippen molar-refractivity contribution in [1.29, 1.82) is 0 Å². The van der Waals surface area contributed by atoms with Crippen LogP contribution in [0.1, 0.15) is 58.2 Å². The van der Waals surface area contributed by atoms with Crippen LogP contribution in [0, 0.1) is 5.82 Å². The molecule has 9 nitrogen and oxygen atoms in total.